The SMILES string of the molecule is CCC(C)(C)CP(C1CCCCC1)C1CCCCC1. The molecule has 0 aromatic carbocycles. The van der Waals surface area contributed by atoms with Crippen LogP contribution in [0.15, 0.2) is 0 Å². The molecule has 0 aromatic heterocycles. The van der Waals surface area contributed by atoms with E-state index in [1.54, 1.807) is 31.8 Å². The Hall–Kier alpha value is 0.430. The Morgan fingerprint density at radius 3 is 1.58 bits per heavy atom. The van der Waals surface area contributed by atoms with E-state index in [0.717, 1.165) is 11.3 Å². The van der Waals surface area contributed by atoms with Gasteiger partial charge in [0.25, 0.3) is 0 Å². The minimum atomic E-state index is 0.309. The lowest BCUT2D eigenvalue weighted by Crippen LogP contribution is -2.27. The quantitative estimate of drug-likeness (QED) is 0.500. The average molecular weight is 282 g/mol. The van der Waals surface area contributed by atoms with E-state index in [1.807, 2.05) is 0 Å². The minimum Gasteiger partial charge on any atom is -0.0998 e. The second-order valence-electron chi connectivity index (χ2n) is 7.77. The molecule has 0 spiro atoms. The smallest absolute Gasteiger partial charge is 0.0207 e. The van der Waals surface area contributed by atoms with E-state index >= 15 is 0 Å². The first kappa shape index (κ1) is 15.8. The summed E-state index contributed by atoms with van der Waals surface area (Å²) < 4.78 is 0. The van der Waals surface area contributed by atoms with E-state index in [9.17, 15) is 0 Å². The largest absolute Gasteiger partial charge is 0.0998 e. The van der Waals surface area contributed by atoms with Crippen molar-refractivity contribution in [3.63, 3.8) is 0 Å². The maximum atomic E-state index is 2.52. The van der Waals surface area contributed by atoms with Crippen molar-refractivity contribution in [3.05, 3.63) is 0 Å². The third kappa shape index (κ3) is 4.73. The molecule has 0 amide bonds. The third-order valence-electron chi connectivity index (χ3n) is 5.66. The van der Waals surface area contributed by atoms with Gasteiger partial charge in [-0.2, -0.15) is 0 Å². The molecule has 2 rings (SSSR count). The first-order chi connectivity index (χ1) is 9.12. The third-order valence-corrected chi connectivity index (χ3v) is 9.79. The Kier molecular flexibility index (Phi) is 6.19. The van der Waals surface area contributed by atoms with Crippen LogP contribution in [0, 0.1) is 5.41 Å². The van der Waals surface area contributed by atoms with Gasteiger partial charge in [-0.25, -0.2) is 0 Å². The van der Waals surface area contributed by atoms with Crippen LogP contribution in [0.1, 0.15) is 91.4 Å². The van der Waals surface area contributed by atoms with Crippen molar-refractivity contribution in [2.75, 3.05) is 6.16 Å². The lowest BCUT2D eigenvalue weighted by Gasteiger charge is -2.42. The molecule has 0 atom stereocenters. The van der Waals surface area contributed by atoms with E-state index in [0.29, 0.717) is 13.3 Å². The molecule has 0 N–H and O–H groups in total. The van der Waals surface area contributed by atoms with Crippen LogP contribution >= 0.6 is 7.92 Å². The van der Waals surface area contributed by atoms with Crippen molar-refractivity contribution in [2.24, 2.45) is 5.41 Å². The second kappa shape index (κ2) is 7.44. The van der Waals surface area contributed by atoms with Gasteiger partial charge in [0.2, 0.25) is 0 Å². The van der Waals surface area contributed by atoms with Crippen molar-refractivity contribution < 1.29 is 0 Å². The summed E-state index contributed by atoms with van der Waals surface area (Å²) in [4.78, 5) is 0. The number of hydrogen-bond donors (Lipinski definition) is 0. The van der Waals surface area contributed by atoms with Gasteiger partial charge >= 0.3 is 0 Å². The van der Waals surface area contributed by atoms with Crippen LogP contribution in [0.5, 0.6) is 0 Å². The first-order valence-electron chi connectivity index (χ1n) is 8.88. The molecule has 19 heavy (non-hydrogen) atoms. The number of hydrogen-bond acceptors (Lipinski definition) is 0. The van der Waals surface area contributed by atoms with Crippen LogP contribution in [0.3, 0.4) is 0 Å². The van der Waals surface area contributed by atoms with Gasteiger partial charge in [-0.1, -0.05) is 73.6 Å². The van der Waals surface area contributed by atoms with E-state index in [2.05, 4.69) is 20.8 Å². The van der Waals surface area contributed by atoms with Crippen LogP contribution in [0.2, 0.25) is 0 Å². The summed E-state index contributed by atoms with van der Waals surface area (Å²) in [6.07, 6.45) is 18.4. The fraction of sp³-hybridized carbons (Fsp3) is 1.00. The molecule has 2 saturated carbocycles. The predicted octanol–water partition coefficient (Wildman–Crippen LogP) is 6.57. The van der Waals surface area contributed by atoms with Crippen LogP contribution in [0.4, 0.5) is 0 Å². The normalized spacial score (nSPS) is 24.0. The molecule has 112 valence electrons. The molecule has 0 aromatic rings. The molecule has 0 bridgehead atoms. The highest BCUT2D eigenvalue weighted by Crippen LogP contribution is 2.58. The van der Waals surface area contributed by atoms with Gasteiger partial charge in [0.1, 0.15) is 0 Å². The Morgan fingerprint density at radius 2 is 1.21 bits per heavy atom. The highest BCUT2D eigenvalue weighted by Gasteiger charge is 2.34. The molecule has 0 saturated heterocycles. The van der Waals surface area contributed by atoms with Gasteiger partial charge in [0.05, 0.1) is 0 Å². The van der Waals surface area contributed by atoms with Gasteiger partial charge in [-0.15, -0.1) is 0 Å². The van der Waals surface area contributed by atoms with Gasteiger partial charge in [0, 0.05) is 0 Å². The van der Waals surface area contributed by atoms with Crippen LogP contribution in [0.25, 0.3) is 0 Å². The molecule has 0 unspecified atom stereocenters. The zero-order valence-electron chi connectivity index (χ0n) is 13.6. The van der Waals surface area contributed by atoms with Crippen LogP contribution in [-0.4, -0.2) is 17.5 Å². The van der Waals surface area contributed by atoms with Crippen LogP contribution in [-0.2, 0) is 0 Å². The summed E-state index contributed by atoms with van der Waals surface area (Å²) >= 11 is 0. The Labute approximate surface area is 122 Å². The fourth-order valence-electron chi connectivity index (χ4n) is 3.99. The fourth-order valence-corrected chi connectivity index (χ4v) is 8.37. The Morgan fingerprint density at radius 1 is 0.789 bits per heavy atom. The molecule has 0 heterocycles. The van der Waals surface area contributed by atoms with Crippen molar-refractivity contribution >= 4 is 7.92 Å². The van der Waals surface area contributed by atoms with Gasteiger partial charge in [-0.05, 0) is 48.6 Å². The van der Waals surface area contributed by atoms with Crippen molar-refractivity contribution in [3.8, 4) is 0 Å². The summed E-state index contributed by atoms with van der Waals surface area (Å²) in [7, 11) is 0.309. The molecule has 2 aliphatic rings. The zero-order chi connectivity index (χ0) is 13.7. The number of rotatable bonds is 5. The molecule has 0 radical (unpaired) electrons. The highest BCUT2D eigenvalue weighted by molar-refractivity contribution is 7.59. The van der Waals surface area contributed by atoms with E-state index in [1.165, 1.54) is 44.9 Å². The average Bonchev–Trinajstić information content (AvgIpc) is 2.47. The standard InChI is InChI=1S/C18H35P/c1-4-18(2,3)15-19(16-11-7-5-8-12-16)17-13-9-6-10-14-17/h16-17H,4-15H2,1-3H3. The molecular formula is C18H35P. The van der Waals surface area contributed by atoms with E-state index in [-0.39, 0.29) is 0 Å². The first-order valence-corrected chi connectivity index (χ1v) is 10.5. The molecule has 1 heteroatoms. The monoisotopic (exact) mass is 282 g/mol. The molecular weight excluding hydrogens is 247 g/mol. The second-order valence-corrected chi connectivity index (χ2v) is 10.6. The van der Waals surface area contributed by atoms with Crippen LogP contribution < -0.4 is 0 Å². The lowest BCUT2D eigenvalue weighted by atomic mass is 9.93. The summed E-state index contributed by atoms with van der Waals surface area (Å²) in [5.74, 6) is 0. The summed E-state index contributed by atoms with van der Waals surface area (Å²) in [5, 5.41) is 0. The van der Waals surface area contributed by atoms with Crippen molar-refractivity contribution in [1.82, 2.24) is 0 Å². The Bertz CT molecular complexity index is 228. The molecule has 2 aliphatic carbocycles. The topological polar surface area (TPSA) is 0 Å². The van der Waals surface area contributed by atoms with Crippen molar-refractivity contribution in [2.45, 2.75) is 103 Å². The summed E-state index contributed by atoms with van der Waals surface area (Å²) in [6.45, 7) is 7.44. The lowest BCUT2D eigenvalue weighted by molar-refractivity contribution is 0.396. The maximum Gasteiger partial charge on any atom is -0.0207 e. The van der Waals surface area contributed by atoms with Crippen molar-refractivity contribution in [1.29, 1.82) is 0 Å². The van der Waals surface area contributed by atoms with E-state index in [4.69, 9.17) is 0 Å². The molecule has 0 nitrogen and oxygen atoms in total. The minimum absolute atomic E-state index is 0.309. The van der Waals surface area contributed by atoms with Gasteiger partial charge in [-0.3, -0.25) is 0 Å². The van der Waals surface area contributed by atoms with E-state index < -0.39 is 0 Å². The highest BCUT2D eigenvalue weighted by atomic mass is 31.1. The zero-order valence-corrected chi connectivity index (χ0v) is 14.5. The summed E-state index contributed by atoms with van der Waals surface area (Å²) in [6, 6.07) is 0. The predicted molar refractivity (Wildman–Crippen MR) is 89.6 cm³/mol. The molecule has 2 fully saturated rings. The summed E-state index contributed by atoms with van der Waals surface area (Å²) in [5.41, 5.74) is 2.87. The molecule has 0 aliphatic heterocycles. The maximum absolute atomic E-state index is 2.52. The van der Waals surface area contributed by atoms with Gasteiger partial charge < -0.3 is 0 Å². The Balaban J connectivity index is 2.02. The van der Waals surface area contributed by atoms with Gasteiger partial charge in [0.15, 0.2) is 0 Å².